The molecule has 0 aliphatic heterocycles. The van der Waals surface area contributed by atoms with Crippen molar-refractivity contribution < 1.29 is 22.1 Å². The molecule has 27 heavy (non-hydrogen) atoms. The summed E-state index contributed by atoms with van der Waals surface area (Å²) < 4.78 is 54.0. The number of hydrogen-bond acceptors (Lipinski definition) is 3. The second kappa shape index (κ2) is 9.96. The van der Waals surface area contributed by atoms with Crippen molar-refractivity contribution >= 4 is 16.8 Å². The molecule has 0 radical (unpaired) electrons. The number of guanidine groups is 1. The highest BCUT2D eigenvalue weighted by Crippen LogP contribution is 2.23. The van der Waals surface area contributed by atoms with Gasteiger partial charge < -0.3 is 15.4 Å². The molecule has 9 heteroatoms. The number of aliphatic imine (C=N–C) groups is 1. The van der Waals surface area contributed by atoms with Gasteiger partial charge in [-0.2, -0.15) is 13.2 Å². The van der Waals surface area contributed by atoms with Gasteiger partial charge in [-0.3, -0.25) is 9.20 Å². The van der Waals surface area contributed by atoms with Crippen molar-refractivity contribution in [3.8, 4) is 5.75 Å². The first-order chi connectivity index (χ1) is 12.4. The highest BCUT2D eigenvalue weighted by molar-refractivity contribution is 7.86. The zero-order valence-corrected chi connectivity index (χ0v) is 17.2. The highest BCUT2D eigenvalue weighted by atomic mass is 32.2. The molecule has 154 valence electrons. The van der Waals surface area contributed by atoms with Crippen molar-refractivity contribution in [1.29, 1.82) is 0 Å². The van der Waals surface area contributed by atoms with E-state index in [2.05, 4.69) is 15.6 Å². The molecule has 1 aromatic rings. The van der Waals surface area contributed by atoms with E-state index in [0.717, 1.165) is 5.56 Å². The number of ether oxygens (including phenoxy) is 1. The van der Waals surface area contributed by atoms with Crippen LogP contribution in [0, 0.1) is 6.92 Å². The van der Waals surface area contributed by atoms with E-state index in [4.69, 9.17) is 4.74 Å². The first-order valence-electron chi connectivity index (χ1n) is 8.54. The predicted molar refractivity (Wildman–Crippen MR) is 104 cm³/mol. The SMILES string of the molecule is CN=C(NCCS(=O)C(C)(C)C)NCc1ccc(C)cc1OCC(F)(F)F. The number of nitrogens with one attached hydrogen (secondary N) is 2. The van der Waals surface area contributed by atoms with E-state index in [-0.39, 0.29) is 17.0 Å². The molecule has 2 N–H and O–H groups in total. The molecule has 1 unspecified atom stereocenters. The van der Waals surface area contributed by atoms with E-state index >= 15 is 0 Å². The average Bonchev–Trinajstić information content (AvgIpc) is 2.55. The Labute approximate surface area is 161 Å². The number of nitrogens with zero attached hydrogens (tertiary/aromatic N) is 1. The molecule has 1 aromatic carbocycles. The second-order valence-corrected chi connectivity index (χ2v) is 9.35. The summed E-state index contributed by atoms with van der Waals surface area (Å²) in [4.78, 5) is 4.07. The molecule has 0 aliphatic rings. The first-order valence-corrected chi connectivity index (χ1v) is 9.86. The monoisotopic (exact) mass is 407 g/mol. The Balaban J connectivity index is 2.63. The summed E-state index contributed by atoms with van der Waals surface area (Å²) in [7, 11) is 0.605. The lowest BCUT2D eigenvalue weighted by atomic mass is 10.1. The fourth-order valence-electron chi connectivity index (χ4n) is 2.07. The number of halogens is 3. The molecule has 0 aromatic heterocycles. The normalized spacial score (nSPS) is 14.0. The molecule has 0 bridgehead atoms. The maximum absolute atomic E-state index is 12.4. The molecule has 0 saturated heterocycles. The average molecular weight is 408 g/mol. The van der Waals surface area contributed by atoms with Crippen LogP contribution in [0.3, 0.4) is 0 Å². The summed E-state index contributed by atoms with van der Waals surface area (Å²) in [5.74, 6) is 1.13. The lowest BCUT2D eigenvalue weighted by molar-refractivity contribution is -0.153. The zero-order valence-electron chi connectivity index (χ0n) is 16.4. The van der Waals surface area contributed by atoms with E-state index in [9.17, 15) is 17.4 Å². The molecule has 0 aliphatic carbocycles. The molecular weight excluding hydrogens is 379 g/mol. The topological polar surface area (TPSA) is 62.7 Å². The summed E-state index contributed by atoms with van der Waals surface area (Å²) in [5.41, 5.74) is 1.40. The molecule has 0 fully saturated rings. The van der Waals surface area contributed by atoms with Gasteiger partial charge in [0.1, 0.15) is 5.75 Å². The minimum absolute atomic E-state index is 0.184. The maximum atomic E-state index is 12.4. The van der Waals surface area contributed by atoms with E-state index < -0.39 is 23.6 Å². The van der Waals surface area contributed by atoms with Crippen LogP contribution in [0.1, 0.15) is 31.9 Å². The molecule has 1 rings (SSSR count). The Morgan fingerprint density at radius 2 is 1.89 bits per heavy atom. The Morgan fingerprint density at radius 3 is 2.44 bits per heavy atom. The molecule has 0 amide bonds. The number of hydrogen-bond donors (Lipinski definition) is 2. The third-order valence-corrected chi connectivity index (χ3v) is 5.49. The van der Waals surface area contributed by atoms with Crippen molar-refractivity contribution in [1.82, 2.24) is 10.6 Å². The Hall–Kier alpha value is -1.77. The van der Waals surface area contributed by atoms with Gasteiger partial charge in [0.05, 0.1) is 0 Å². The Morgan fingerprint density at radius 1 is 1.22 bits per heavy atom. The first kappa shape index (κ1) is 23.3. The van der Waals surface area contributed by atoms with Gasteiger partial charge in [0.15, 0.2) is 12.6 Å². The van der Waals surface area contributed by atoms with Crippen LogP contribution >= 0.6 is 0 Å². The van der Waals surface area contributed by atoms with E-state index in [1.165, 1.54) is 0 Å². The molecule has 1 atom stereocenters. The van der Waals surface area contributed by atoms with E-state index in [0.29, 0.717) is 23.8 Å². The van der Waals surface area contributed by atoms with E-state index in [1.807, 2.05) is 20.8 Å². The van der Waals surface area contributed by atoms with Gasteiger partial charge in [0.25, 0.3) is 0 Å². The van der Waals surface area contributed by atoms with Crippen LogP contribution < -0.4 is 15.4 Å². The van der Waals surface area contributed by atoms with Crippen LogP contribution in [0.2, 0.25) is 0 Å². The molecule has 0 heterocycles. The lowest BCUT2D eigenvalue weighted by Gasteiger charge is -2.19. The molecule has 5 nitrogen and oxygen atoms in total. The number of aryl methyl sites for hydroxylation is 1. The third-order valence-electron chi connectivity index (χ3n) is 3.55. The van der Waals surface area contributed by atoms with Crippen LogP contribution in [0.5, 0.6) is 5.75 Å². The third kappa shape index (κ3) is 9.12. The van der Waals surface area contributed by atoms with Crippen molar-refractivity contribution in [3.05, 3.63) is 29.3 Å². The van der Waals surface area contributed by atoms with Gasteiger partial charge in [-0.15, -0.1) is 0 Å². The van der Waals surface area contributed by atoms with Gasteiger partial charge in [0, 0.05) is 47.0 Å². The number of alkyl halides is 3. The minimum atomic E-state index is -4.39. The van der Waals surface area contributed by atoms with Crippen molar-refractivity contribution in [2.24, 2.45) is 4.99 Å². The standard InChI is InChI=1S/C18H28F3N3O2S/c1-13-6-7-14(15(10-13)26-12-18(19,20)21)11-24-16(22-5)23-8-9-27(25)17(2,3)4/h6-7,10H,8-9,11-12H2,1-5H3,(H2,22,23,24). The van der Waals surface area contributed by atoms with Crippen LogP contribution in [0.4, 0.5) is 13.2 Å². The zero-order chi connectivity index (χ0) is 20.7. The molecule has 0 spiro atoms. The second-order valence-electron chi connectivity index (χ2n) is 7.03. The van der Waals surface area contributed by atoms with Gasteiger partial charge in [0.2, 0.25) is 0 Å². The highest BCUT2D eigenvalue weighted by Gasteiger charge is 2.28. The Bertz CT molecular complexity index is 671. The molecular formula is C18H28F3N3O2S. The molecule has 0 saturated carbocycles. The van der Waals surface area contributed by atoms with Gasteiger partial charge in [-0.25, -0.2) is 0 Å². The summed E-state index contributed by atoms with van der Waals surface area (Å²) in [6.45, 7) is 6.90. The van der Waals surface area contributed by atoms with Gasteiger partial charge >= 0.3 is 6.18 Å². The van der Waals surface area contributed by atoms with E-state index in [1.54, 1.807) is 32.2 Å². The number of benzene rings is 1. The van der Waals surface area contributed by atoms with Gasteiger partial charge in [-0.05, 0) is 39.3 Å². The summed E-state index contributed by atoms with van der Waals surface area (Å²) in [5, 5.41) is 6.09. The van der Waals surface area contributed by atoms with Crippen LogP contribution in [-0.2, 0) is 17.3 Å². The predicted octanol–water partition coefficient (Wildman–Crippen LogP) is 3.15. The summed E-state index contributed by atoms with van der Waals surface area (Å²) >= 11 is 0. The fourth-order valence-corrected chi connectivity index (χ4v) is 2.97. The van der Waals surface area contributed by atoms with Crippen molar-refractivity contribution in [2.45, 2.75) is 45.2 Å². The van der Waals surface area contributed by atoms with Crippen LogP contribution in [0.15, 0.2) is 23.2 Å². The van der Waals surface area contributed by atoms with Gasteiger partial charge in [-0.1, -0.05) is 12.1 Å². The quantitative estimate of drug-likeness (QED) is 0.538. The fraction of sp³-hybridized carbons (Fsp3) is 0.611. The summed E-state index contributed by atoms with van der Waals surface area (Å²) in [6.07, 6.45) is -4.39. The number of rotatable bonds is 7. The minimum Gasteiger partial charge on any atom is -0.484 e. The summed E-state index contributed by atoms with van der Waals surface area (Å²) in [6, 6.07) is 5.10. The van der Waals surface area contributed by atoms with Crippen LogP contribution in [-0.4, -0.2) is 47.0 Å². The van der Waals surface area contributed by atoms with Crippen LogP contribution in [0.25, 0.3) is 0 Å². The van der Waals surface area contributed by atoms with Crippen molar-refractivity contribution in [2.75, 3.05) is 26.0 Å². The lowest BCUT2D eigenvalue weighted by Crippen LogP contribution is -2.40. The smallest absolute Gasteiger partial charge is 0.422 e. The van der Waals surface area contributed by atoms with Crippen molar-refractivity contribution in [3.63, 3.8) is 0 Å². The Kier molecular flexibility index (Phi) is 8.59. The largest absolute Gasteiger partial charge is 0.484 e. The maximum Gasteiger partial charge on any atom is 0.422 e.